The van der Waals surface area contributed by atoms with Gasteiger partial charge in [-0.15, -0.1) is 0 Å². The molecule has 9 heteroatoms. The Bertz CT molecular complexity index is 647. The van der Waals surface area contributed by atoms with Crippen LogP contribution in [0.1, 0.15) is 6.92 Å². The number of hydrogen-bond acceptors (Lipinski definition) is 6. The van der Waals surface area contributed by atoms with E-state index in [9.17, 15) is 23.6 Å². The van der Waals surface area contributed by atoms with Crippen molar-refractivity contribution in [2.75, 3.05) is 20.2 Å². The van der Waals surface area contributed by atoms with E-state index in [2.05, 4.69) is 0 Å². The van der Waals surface area contributed by atoms with Gasteiger partial charge in [-0.2, -0.15) is 4.31 Å². The fourth-order valence-electron chi connectivity index (χ4n) is 2.01. The lowest BCUT2D eigenvalue weighted by Gasteiger charge is -2.42. The third-order valence-corrected chi connectivity index (χ3v) is 4.84. The lowest BCUT2D eigenvalue weighted by Crippen LogP contribution is -2.61. The maximum atomic E-state index is 12.3. The second-order valence-corrected chi connectivity index (χ2v) is 6.77. The summed E-state index contributed by atoms with van der Waals surface area (Å²) in [5.74, 6) is -0.0919. The number of β-amino-alcohol motifs (C(OH)–C–C–N with tert-alkyl or cyclic N) is 1. The summed E-state index contributed by atoms with van der Waals surface area (Å²) in [6, 6.07) is 3.30. The highest BCUT2D eigenvalue weighted by atomic mass is 32.2. The van der Waals surface area contributed by atoms with Gasteiger partial charge in [-0.3, -0.25) is 10.1 Å². The molecule has 110 valence electrons. The van der Waals surface area contributed by atoms with Crippen LogP contribution in [0, 0.1) is 10.1 Å². The Morgan fingerprint density at radius 2 is 2.05 bits per heavy atom. The Labute approximate surface area is 115 Å². The van der Waals surface area contributed by atoms with Gasteiger partial charge in [0.2, 0.25) is 10.0 Å². The van der Waals surface area contributed by atoms with Crippen molar-refractivity contribution in [2.24, 2.45) is 0 Å². The molecule has 8 nitrogen and oxygen atoms in total. The summed E-state index contributed by atoms with van der Waals surface area (Å²) in [5.41, 5.74) is -1.29. The molecule has 0 saturated carbocycles. The highest BCUT2D eigenvalue weighted by Crippen LogP contribution is 2.34. The number of hydrogen-bond donors (Lipinski definition) is 1. The first-order valence-electron chi connectivity index (χ1n) is 5.72. The molecule has 1 saturated heterocycles. The van der Waals surface area contributed by atoms with E-state index < -0.39 is 20.5 Å². The zero-order valence-electron chi connectivity index (χ0n) is 10.9. The second-order valence-electron chi connectivity index (χ2n) is 4.86. The number of non-ortho nitro benzene ring substituents is 1. The Kier molecular flexibility index (Phi) is 3.44. The number of methoxy groups -OCH3 is 1. The summed E-state index contributed by atoms with van der Waals surface area (Å²) in [4.78, 5) is 9.89. The summed E-state index contributed by atoms with van der Waals surface area (Å²) in [7, 11) is -2.59. The van der Waals surface area contributed by atoms with Crippen molar-refractivity contribution in [3.05, 3.63) is 28.3 Å². The Hall–Kier alpha value is -1.71. The number of rotatable bonds is 4. The van der Waals surface area contributed by atoms with Crippen molar-refractivity contribution in [1.29, 1.82) is 0 Å². The Morgan fingerprint density at radius 3 is 2.50 bits per heavy atom. The Balaban J connectivity index is 2.40. The van der Waals surface area contributed by atoms with E-state index in [0.717, 1.165) is 22.5 Å². The second kappa shape index (κ2) is 4.69. The van der Waals surface area contributed by atoms with Crippen LogP contribution in [-0.4, -0.2) is 48.6 Å². The van der Waals surface area contributed by atoms with Crippen molar-refractivity contribution in [2.45, 2.75) is 17.4 Å². The average molecular weight is 302 g/mol. The fraction of sp³-hybridized carbons (Fsp3) is 0.455. The van der Waals surface area contributed by atoms with E-state index >= 15 is 0 Å². The molecule has 0 aromatic heterocycles. The van der Waals surface area contributed by atoms with Crippen molar-refractivity contribution >= 4 is 15.7 Å². The Morgan fingerprint density at radius 1 is 1.45 bits per heavy atom. The van der Waals surface area contributed by atoms with Gasteiger partial charge in [0.1, 0.15) is 10.6 Å². The molecule has 0 radical (unpaired) electrons. The largest absolute Gasteiger partial charge is 0.495 e. The van der Waals surface area contributed by atoms with Gasteiger partial charge in [0.15, 0.2) is 0 Å². The predicted octanol–water partition coefficient (Wildman–Crippen LogP) is 0.359. The predicted molar refractivity (Wildman–Crippen MR) is 69.0 cm³/mol. The number of ether oxygens (including phenoxy) is 1. The summed E-state index contributed by atoms with van der Waals surface area (Å²) in [6.07, 6.45) is 0. The van der Waals surface area contributed by atoms with Crippen LogP contribution in [0.3, 0.4) is 0 Å². The van der Waals surface area contributed by atoms with Gasteiger partial charge >= 0.3 is 0 Å². The van der Waals surface area contributed by atoms with Gasteiger partial charge in [0, 0.05) is 19.2 Å². The van der Waals surface area contributed by atoms with Gasteiger partial charge in [0.25, 0.3) is 5.69 Å². The zero-order chi connectivity index (χ0) is 15.1. The molecule has 1 fully saturated rings. The number of aliphatic hydroxyl groups is 1. The van der Waals surface area contributed by atoms with Crippen molar-refractivity contribution in [1.82, 2.24) is 4.31 Å². The average Bonchev–Trinajstić information content (AvgIpc) is 2.34. The monoisotopic (exact) mass is 302 g/mol. The van der Waals surface area contributed by atoms with Crippen LogP contribution in [0.2, 0.25) is 0 Å². The first kappa shape index (κ1) is 14.7. The minimum Gasteiger partial charge on any atom is -0.495 e. The molecule has 1 N–H and O–H groups in total. The maximum Gasteiger partial charge on any atom is 0.273 e. The van der Waals surface area contributed by atoms with Crippen LogP contribution in [0.25, 0.3) is 0 Å². The summed E-state index contributed by atoms with van der Waals surface area (Å²) in [6.45, 7) is 1.50. The van der Waals surface area contributed by atoms with Gasteiger partial charge in [-0.25, -0.2) is 8.42 Å². The lowest BCUT2D eigenvalue weighted by molar-refractivity contribution is -0.385. The molecule has 0 spiro atoms. The SMILES string of the molecule is COc1cc([N+](=O)[O-])ccc1S(=O)(=O)N1CC(C)(O)C1. The third kappa shape index (κ3) is 2.47. The van der Waals surface area contributed by atoms with Crippen molar-refractivity contribution in [3.63, 3.8) is 0 Å². The topological polar surface area (TPSA) is 110 Å². The van der Waals surface area contributed by atoms with Crippen LogP contribution >= 0.6 is 0 Å². The first-order chi connectivity index (χ1) is 9.17. The number of benzene rings is 1. The normalized spacial score (nSPS) is 18.4. The zero-order valence-corrected chi connectivity index (χ0v) is 11.8. The summed E-state index contributed by atoms with van der Waals surface area (Å²) in [5, 5.41) is 20.3. The third-order valence-electron chi connectivity index (χ3n) is 3.01. The van der Waals surface area contributed by atoms with Gasteiger partial charge in [-0.05, 0) is 13.0 Å². The first-order valence-corrected chi connectivity index (χ1v) is 7.16. The summed E-state index contributed by atoms with van der Waals surface area (Å²) < 4.78 is 30.7. The van der Waals surface area contributed by atoms with Crippen LogP contribution in [0.5, 0.6) is 5.75 Å². The molecule has 1 heterocycles. The lowest BCUT2D eigenvalue weighted by atomic mass is 10.0. The van der Waals surface area contributed by atoms with Gasteiger partial charge in [0.05, 0.1) is 23.7 Å². The number of nitro benzene ring substituents is 1. The van der Waals surface area contributed by atoms with Crippen molar-refractivity contribution < 1.29 is 23.2 Å². The van der Waals surface area contributed by atoms with Gasteiger partial charge in [-0.1, -0.05) is 0 Å². The van der Waals surface area contributed by atoms with E-state index in [1.807, 2.05) is 0 Å². The van der Waals surface area contributed by atoms with E-state index in [-0.39, 0.29) is 29.4 Å². The molecular formula is C11H14N2O6S. The molecule has 0 unspecified atom stereocenters. The molecular weight excluding hydrogens is 288 g/mol. The molecule has 1 aliphatic heterocycles. The van der Waals surface area contributed by atoms with E-state index in [1.54, 1.807) is 0 Å². The molecule has 20 heavy (non-hydrogen) atoms. The molecule has 0 aliphatic carbocycles. The molecule has 0 bridgehead atoms. The van der Waals surface area contributed by atoms with E-state index in [0.29, 0.717) is 0 Å². The standard InChI is InChI=1S/C11H14N2O6S/c1-11(14)6-12(7-11)20(17,18)10-4-3-8(13(15)16)5-9(10)19-2/h3-5,14H,6-7H2,1-2H3. The minimum atomic E-state index is -3.83. The molecule has 1 aliphatic rings. The molecule has 1 aromatic rings. The minimum absolute atomic E-state index is 0.0184. The van der Waals surface area contributed by atoms with E-state index in [4.69, 9.17) is 4.74 Å². The van der Waals surface area contributed by atoms with Crippen LogP contribution in [-0.2, 0) is 10.0 Å². The molecule has 2 rings (SSSR count). The number of nitrogens with zero attached hydrogens (tertiary/aromatic N) is 2. The smallest absolute Gasteiger partial charge is 0.273 e. The molecule has 1 aromatic carbocycles. The van der Waals surface area contributed by atoms with Crippen LogP contribution < -0.4 is 4.74 Å². The summed E-state index contributed by atoms with van der Waals surface area (Å²) >= 11 is 0. The highest BCUT2D eigenvalue weighted by molar-refractivity contribution is 7.89. The van der Waals surface area contributed by atoms with E-state index in [1.165, 1.54) is 14.0 Å². The fourth-order valence-corrected chi connectivity index (χ4v) is 3.82. The number of nitro groups is 1. The molecule has 0 amide bonds. The molecule has 0 atom stereocenters. The quantitative estimate of drug-likeness (QED) is 0.635. The van der Waals surface area contributed by atoms with Gasteiger partial charge < -0.3 is 9.84 Å². The van der Waals surface area contributed by atoms with Crippen molar-refractivity contribution in [3.8, 4) is 5.75 Å². The number of sulfonamides is 1. The van der Waals surface area contributed by atoms with Crippen LogP contribution in [0.15, 0.2) is 23.1 Å². The highest BCUT2D eigenvalue weighted by Gasteiger charge is 2.44. The maximum absolute atomic E-state index is 12.3. The van der Waals surface area contributed by atoms with Crippen LogP contribution in [0.4, 0.5) is 5.69 Å².